The predicted molar refractivity (Wildman–Crippen MR) is 93.5 cm³/mol. The topological polar surface area (TPSA) is 104 Å². The van der Waals surface area contributed by atoms with Gasteiger partial charge in [-0.05, 0) is 31.9 Å². The zero-order valence-corrected chi connectivity index (χ0v) is 13.6. The quantitative estimate of drug-likeness (QED) is 0.792. The highest BCUT2D eigenvalue weighted by Gasteiger charge is 2.26. The van der Waals surface area contributed by atoms with Crippen LogP contribution in [0.5, 0.6) is 0 Å². The summed E-state index contributed by atoms with van der Waals surface area (Å²) < 4.78 is 0. The first-order valence-electron chi connectivity index (χ1n) is 7.96. The van der Waals surface area contributed by atoms with Gasteiger partial charge in [0.15, 0.2) is 11.6 Å². The van der Waals surface area contributed by atoms with Gasteiger partial charge in [0.25, 0.3) is 0 Å². The van der Waals surface area contributed by atoms with Crippen LogP contribution >= 0.6 is 0 Å². The minimum absolute atomic E-state index is 0.283. The van der Waals surface area contributed by atoms with Crippen molar-refractivity contribution in [1.29, 1.82) is 0 Å². The molecule has 0 bridgehead atoms. The van der Waals surface area contributed by atoms with Gasteiger partial charge in [-0.1, -0.05) is 17.7 Å². The highest BCUT2D eigenvalue weighted by molar-refractivity contribution is 5.78. The molecule has 0 saturated carbocycles. The summed E-state index contributed by atoms with van der Waals surface area (Å²) in [4.78, 5) is 21.6. The Morgan fingerprint density at radius 1 is 1.25 bits per heavy atom. The average Bonchev–Trinajstić information content (AvgIpc) is 2.59. The van der Waals surface area contributed by atoms with E-state index in [4.69, 9.17) is 10.8 Å². The van der Waals surface area contributed by atoms with Crippen LogP contribution in [-0.2, 0) is 4.79 Å². The van der Waals surface area contributed by atoms with Crippen LogP contribution in [-0.4, -0.2) is 34.1 Å². The first-order chi connectivity index (χ1) is 11.5. The molecule has 126 valence electrons. The number of hydrogen-bond acceptors (Lipinski definition) is 6. The SMILES string of the molecule is Cc1ccc(Nc2ncnc(N3CCC(C(=O)O)CC3)c2N)cc1. The maximum atomic E-state index is 11.1. The molecule has 0 aliphatic carbocycles. The van der Waals surface area contributed by atoms with Crippen LogP contribution in [0.1, 0.15) is 18.4 Å². The number of carboxylic acid groups (broad SMARTS) is 1. The lowest BCUT2D eigenvalue weighted by Crippen LogP contribution is -2.37. The van der Waals surface area contributed by atoms with E-state index in [1.54, 1.807) is 0 Å². The van der Waals surface area contributed by atoms with Crippen LogP contribution in [0.4, 0.5) is 23.0 Å². The Morgan fingerprint density at radius 2 is 1.92 bits per heavy atom. The normalized spacial score (nSPS) is 15.3. The van der Waals surface area contributed by atoms with E-state index < -0.39 is 5.97 Å². The molecular weight excluding hydrogens is 306 g/mol. The largest absolute Gasteiger partial charge is 0.481 e. The van der Waals surface area contributed by atoms with Crippen molar-refractivity contribution >= 4 is 29.0 Å². The predicted octanol–water partition coefficient (Wildman–Crippen LogP) is 2.41. The first-order valence-corrected chi connectivity index (χ1v) is 7.96. The second-order valence-corrected chi connectivity index (χ2v) is 6.05. The van der Waals surface area contributed by atoms with Gasteiger partial charge in [0.05, 0.1) is 5.92 Å². The molecule has 1 aromatic heterocycles. The smallest absolute Gasteiger partial charge is 0.306 e. The molecule has 2 heterocycles. The number of aliphatic carboxylic acids is 1. The Morgan fingerprint density at radius 3 is 2.54 bits per heavy atom. The molecule has 3 rings (SSSR count). The standard InChI is InChI=1S/C17H21N5O2/c1-11-2-4-13(5-3-11)21-15-14(18)16(20-10-19-15)22-8-6-12(7-9-22)17(23)24/h2-5,10,12H,6-9,18H2,1H3,(H,23,24)(H,19,20,21). The summed E-state index contributed by atoms with van der Waals surface area (Å²) in [5.41, 5.74) is 8.80. The molecule has 1 saturated heterocycles. The van der Waals surface area contributed by atoms with Gasteiger partial charge in [0.2, 0.25) is 0 Å². The third-order valence-corrected chi connectivity index (χ3v) is 4.32. The van der Waals surface area contributed by atoms with Crippen molar-refractivity contribution in [2.75, 3.05) is 29.0 Å². The summed E-state index contributed by atoms with van der Waals surface area (Å²) >= 11 is 0. The molecule has 24 heavy (non-hydrogen) atoms. The number of aromatic nitrogens is 2. The number of nitrogens with zero attached hydrogens (tertiary/aromatic N) is 3. The number of nitrogens with one attached hydrogen (secondary N) is 1. The molecule has 1 aliphatic rings. The zero-order chi connectivity index (χ0) is 17.1. The molecule has 0 amide bonds. The molecule has 0 atom stereocenters. The maximum Gasteiger partial charge on any atom is 0.306 e. The lowest BCUT2D eigenvalue weighted by molar-refractivity contribution is -0.142. The summed E-state index contributed by atoms with van der Waals surface area (Å²) in [7, 11) is 0. The minimum Gasteiger partial charge on any atom is -0.481 e. The second-order valence-electron chi connectivity index (χ2n) is 6.05. The molecule has 0 unspecified atom stereocenters. The molecule has 0 spiro atoms. The number of aryl methyl sites for hydroxylation is 1. The molecule has 2 aromatic rings. The van der Waals surface area contributed by atoms with Crippen LogP contribution in [0.25, 0.3) is 0 Å². The fraction of sp³-hybridized carbons (Fsp3) is 0.353. The number of nitrogen functional groups attached to an aromatic ring is 1. The fourth-order valence-electron chi connectivity index (χ4n) is 2.85. The minimum atomic E-state index is -0.730. The van der Waals surface area contributed by atoms with E-state index in [0.29, 0.717) is 43.3 Å². The van der Waals surface area contributed by atoms with Crippen LogP contribution in [0.15, 0.2) is 30.6 Å². The van der Waals surface area contributed by atoms with Crippen molar-refractivity contribution in [1.82, 2.24) is 9.97 Å². The average molecular weight is 327 g/mol. The Bertz CT molecular complexity index is 724. The third-order valence-electron chi connectivity index (χ3n) is 4.32. The molecule has 7 nitrogen and oxygen atoms in total. The Hall–Kier alpha value is -2.83. The number of benzene rings is 1. The fourth-order valence-corrected chi connectivity index (χ4v) is 2.85. The van der Waals surface area contributed by atoms with Gasteiger partial charge >= 0.3 is 5.97 Å². The van der Waals surface area contributed by atoms with Gasteiger partial charge in [-0.2, -0.15) is 0 Å². The highest BCUT2D eigenvalue weighted by atomic mass is 16.4. The van der Waals surface area contributed by atoms with Gasteiger partial charge in [-0.3, -0.25) is 4.79 Å². The number of carbonyl (C=O) groups is 1. The Kier molecular flexibility index (Phi) is 4.50. The Balaban J connectivity index is 1.76. The van der Waals surface area contributed by atoms with E-state index >= 15 is 0 Å². The monoisotopic (exact) mass is 327 g/mol. The lowest BCUT2D eigenvalue weighted by atomic mass is 9.97. The van der Waals surface area contributed by atoms with Gasteiger partial charge in [-0.15, -0.1) is 0 Å². The van der Waals surface area contributed by atoms with Crippen molar-refractivity contribution in [2.45, 2.75) is 19.8 Å². The van der Waals surface area contributed by atoms with Gasteiger partial charge in [0.1, 0.15) is 12.0 Å². The van der Waals surface area contributed by atoms with Crippen LogP contribution in [0.3, 0.4) is 0 Å². The van der Waals surface area contributed by atoms with Crippen molar-refractivity contribution in [3.05, 3.63) is 36.2 Å². The Labute approximate surface area is 140 Å². The van der Waals surface area contributed by atoms with Gasteiger partial charge in [-0.25, -0.2) is 9.97 Å². The third kappa shape index (κ3) is 3.40. The van der Waals surface area contributed by atoms with Crippen molar-refractivity contribution in [3.63, 3.8) is 0 Å². The maximum absolute atomic E-state index is 11.1. The number of piperidine rings is 1. The lowest BCUT2D eigenvalue weighted by Gasteiger charge is -2.31. The summed E-state index contributed by atoms with van der Waals surface area (Å²) in [6, 6.07) is 7.96. The molecule has 7 heteroatoms. The van der Waals surface area contributed by atoms with E-state index in [9.17, 15) is 4.79 Å². The molecule has 1 aliphatic heterocycles. The van der Waals surface area contributed by atoms with E-state index in [2.05, 4.69) is 15.3 Å². The van der Waals surface area contributed by atoms with E-state index in [-0.39, 0.29) is 5.92 Å². The van der Waals surface area contributed by atoms with Crippen LogP contribution in [0.2, 0.25) is 0 Å². The van der Waals surface area contributed by atoms with Crippen molar-refractivity contribution < 1.29 is 9.90 Å². The molecule has 4 N–H and O–H groups in total. The second kappa shape index (κ2) is 6.74. The van der Waals surface area contributed by atoms with Gasteiger partial charge < -0.3 is 21.1 Å². The van der Waals surface area contributed by atoms with E-state index in [1.807, 2.05) is 36.1 Å². The highest BCUT2D eigenvalue weighted by Crippen LogP contribution is 2.31. The molecular formula is C17H21N5O2. The number of rotatable bonds is 4. The summed E-state index contributed by atoms with van der Waals surface area (Å²) in [5.74, 6) is 0.203. The number of nitrogens with two attached hydrogens (primary N) is 1. The van der Waals surface area contributed by atoms with E-state index in [0.717, 1.165) is 5.69 Å². The number of carboxylic acids is 1. The summed E-state index contributed by atoms with van der Waals surface area (Å²) in [6.07, 6.45) is 2.67. The van der Waals surface area contributed by atoms with Crippen LogP contribution in [0, 0.1) is 12.8 Å². The zero-order valence-electron chi connectivity index (χ0n) is 13.6. The van der Waals surface area contributed by atoms with Crippen molar-refractivity contribution in [3.8, 4) is 0 Å². The molecule has 1 aromatic carbocycles. The summed E-state index contributed by atoms with van der Waals surface area (Å²) in [5, 5.41) is 12.3. The van der Waals surface area contributed by atoms with Gasteiger partial charge in [0, 0.05) is 18.8 Å². The van der Waals surface area contributed by atoms with E-state index in [1.165, 1.54) is 11.9 Å². The summed E-state index contributed by atoms with van der Waals surface area (Å²) in [6.45, 7) is 3.28. The van der Waals surface area contributed by atoms with Crippen molar-refractivity contribution in [2.24, 2.45) is 5.92 Å². The first kappa shape index (κ1) is 16.0. The van der Waals surface area contributed by atoms with Crippen LogP contribution < -0.4 is 16.0 Å². The molecule has 0 radical (unpaired) electrons. The number of anilines is 4. The molecule has 1 fully saturated rings. The number of hydrogen-bond donors (Lipinski definition) is 3.